The number of carbonyl (C=O) groups is 2. The van der Waals surface area contributed by atoms with Crippen LogP contribution in [0.4, 0.5) is 24.5 Å². The Bertz CT molecular complexity index is 2440. The Morgan fingerprint density at radius 3 is 2.60 bits per heavy atom. The summed E-state index contributed by atoms with van der Waals surface area (Å²) in [6, 6.07) is 17.9. The molecule has 2 aromatic carbocycles. The van der Waals surface area contributed by atoms with Gasteiger partial charge in [0, 0.05) is 66.6 Å². The third-order valence-electron chi connectivity index (χ3n) is 9.27. The number of rotatable bonds is 22. The first-order valence-electron chi connectivity index (χ1n) is 19.9. The van der Waals surface area contributed by atoms with Gasteiger partial charge in [-0.15, -0.1) is 0 Å². The average Bonchev–Trinajstić information content (AvgIpc) is 3.78. The van der Waals surface area contributed by atoms with Gasteiger partial charge in [-0.3, -0.25) is 9.59 Å². The summed E-state index contributed by atoms with van der Waals surface area (Å²) in [5, 5.41) is 13.7. The smallest absolute Gasteiger partial charge is 0.406 e. The Kier molecular flexibility index (Phi) is 17.5. The second-order valence-corrected chi connectivity index (χ2v) is 15.4. The SMILES string of the molecule is CNc1cccc2c1cc(C#CCNc1ccc(SN(C)CCOCCNC(=O)COc3cccc(CN(C)/C=C(\C=CC=O)c4c(C)noc4C)n3)cc1OC)n2CC(F)(F)F. The van der Waals surface area contributed by atoms with Crippen molar-refractivity contribution in [1.82, 2.24) is 29.2 Å². The number of fused-ring (bicyclic) bond motifs is 1. The molecule has 0 saturated heterocycles. The number of nitrogens with one attached hydrogen (secondary N) is 3. The van der Waals surface area contributed by atoms with Crippen LogP contribution in [0.25, 0.3) is 16.5 Å². The lowest BCUT2D eigenvalue weighted by Gasteiger charge is -2.17. The molecule has 0 fully saturated rings. The molecule has 3 aromatic heterocycles. The van der Waals surface area contributed by atoms with Crippen LogP contribution in [0.2, 0.25) is 0 Å². The van der Waals surface area contributed by atoms with Crippen LogP contribution in [0.15, 0.2) is 88.4 Å². The molecule has 0 aliphatic rings. The van der Waals surface area contributed by atoms with Crippen molar-refractivity contribution in [3.63, 3.8) is 0 Å². The summed E-state index contributed by atoms with van der Waals surface area (Å²) in [6.07, 6.45) is 1.30. The number of amides is 1. The first kappa shape index (κ1) is 47.6. The van der Waals surface area contributed by atoms with Crippen molar-refractivity contribution >= 4 is 52.0 Å². The number of anilines is 2. The van der Waals surface area contributed by atoms with Gasteiger partial charge in [0.05, 0.1) is 61.7 Å². The van der Waals surface area contributed by atoms with E-state index in [-0.39, 0.29) is 24.8 Å². The van der Waals surface area contributed by atoms with Gasteiger partial charge in [0.25, 0.3) is 5.91 Å². The van der Waals surface area contributed by atoms with E-state index >= 15 is 0 Å². The number of ether oxygens (including phenoxy) is 3. The second-order valence-electron chi connectivity index (χ2n) is 14.1. The number of allylic oxidation sites excluding steroid dienone is 3. The molecule has 0 aliphatic heterocycles. The van der Waals surface area contributed by atoms with Crippen molar-refractivity contribution in [1.29, 1.82) is 0 Å². The maximum absolute atomic E-state index is 13.5. The standard InChI is InChI=1S/C45H51F3N8O6S/c1-31-44(32(2)62-53-31)33(11-10-22-57)27-54(4)28-34-12-7-16-43(52-34)61-29-42(58)51-20-23-60-24-21-55(5)63-36-17-18-39(41(26-36)59-6)50-19-9-13-35-25-37-38(49-3)14-8-15-40(37)56(35)30-45(46,47)48/h7-8,10-12,14-18,22,25-27,49-50H,19-21,23-24,28-30H2,1-6H3,(H,51,58)/b11-10?,33-27+. The molecule has 0 unspecified atom stereocenters. The van der Waals surface area contributed by atoms with Crippen molar-refractivity contribution in [2.45, 2.75) is 38.0 Å². The summed E-state index contributed by atoms with van der Waals surface area (Å²) in [4.78, 5) is 30.8. The zero-order valence-corrected chi connectivity index (χ0v) is 36.8. The Morgan fingerprint density at radius 2 is 1.87 bits per heavy atom. The van der Waals surface area contributed by atoms with Crippen LogP contribution >= 0.6 is 11.9 Å². The maximum atomic E-state index is 13.5. The van der Waals surface area contributed by atoms with Crippen molar-refractivity contribution in [3.8, 4) is 23.5 Å². The molecule has 0 radical (unpaired) electrons. The minimum Gasteiger partial charge on any atom is -0.495 e. The van der Waals surface area contributed by atoms with E-state index in [2.05, 4.69) is 37.9 Å². The third-order valence-corrected chi connectivity index (χ3v) is 10.2. The van der Waals surface area contributed by atoms with E-state index in [1.807, 2.05) is 73.7 Å². The highest BCUT2D eigenvalue weighted by atomic mass is 32.2. The number of aldehydes is 1. The molecule has 0 bridgehead atoms. The first-order valence-corrected chi connectivity index (χ1v) is 20.6. The summed E-state index contributed by atoms with van der Waals surface area (Å²) in [6.45, 7) is 4.56. The van der Waals surface area contributed by atoms with Gasteiger partial charge in [0.1, 0.15) is 24.3 Å². The lowest BCUT2D eigenvalue weighted by Crippen LogP contribution is -2.32. The van der Waals surface area contributed by atoms with E-state index in [9.17, 15) is 22.8 Å². The van der Waals surface area contributed by atoms with E-state index in [0.29, 0.717) is 84.5 Å². The number of alkyl halides is 3. The molecule has 18 heteroatoms. The van der Waals surface area contributed by atoms with Crippen molar-refractivity contribution in [3.05, 3.63) is 107 Å². The molecule has 14 nitrogen and oxygen atoms in total. The number of pyridine rings is 1. The van der Waals surface area contributed by atoms with E-state index in [0.717, 1.165) is 21.7 Å². The number of likely N-dealkylation sites (N-methyl/N-ethyl adjacent to an activating group) is 1. The lowest BCUT2D eigenvalue weighted by molar-refractivity contribution is -0.140. The number of nitrogens with zero attached hydrogens (tertiary/aromatic N) is 5. The van der Waals surface area contributed by atoms with E-state index in [4.69, 9.17) is 18.7 Å². The highest BCUT2D eigenvalue weighted by Crippen LogP contribution is 2.32. The molecule has 63 heavy (non-hydrogen) atoms. The number of carbonyl (C=O) groups excluding carboxylic acids is 2. The molecule has 3 heterocycles. The van der Waals surface area contributed by atoms with Crippen LogP contribution in [0.3, 0.4) is 0 Å². The summed E-state index contributed by atoms with van der Waals surface area (Å²) >= 11 is 1.50. The lowest BCUT2D eigenvalue weighted by atomic mass is 10.0. The van der Waals surface area contributed by atoms with Gasteiger partial charge >= 0.3 is 6.18 Å². The second kappa shape index (κ2) is 23.1. The highest BCUT2D eigenvalue weighted by molar-refractivity contribution is 7.97. The van der Waals surface area contributed by atoms with Crippen LogP contribution < -0.4 is 25.4 Å². The molecule has 5 aromatic rings. The van der Waals surface area contributed by atoms with E-state index in [1.165, 1.54) is 22.6 Å². The Hall–Kier alpha value is -6.42. The molecule has 334 valence electrons. The molecule has 5 rings (SSSR count). The quantitative estimate of drug-likeness (QED) is 0.0162. The molecule has 3 N–H and O–H groups in total. The average molecular weight is 889 g/mol. The fourth-order valence-corrected chi connectivity index (χ4v) is 7.29. The number of hydrogen-bond acceptors (Lipinski definition) is 13. The summed E-state index contributed by atoms with van der Waals surface area (Å²) in [7, 11) is 7.10. The molecular weight excluding hydrogens is 838 g/mol. The predicted octanol–water partition coefficient (Wildman–Crippen LogP) is 7.10. The van der Waals surface area contributed by atoms with Crippen molar-refractivity contribution < 1.29 is 41.5 Å². The molecule has 0 saturated carbocycles. The monoisotopic (exact) mass is 888 g/mol. The number of methoxy groups -OCH3 is 1. The van der Waals surface area contributed by atoms with Crippen LogP contribution in [0.1, 0.15) is 28.4 Å². The Labute approximate surface area is 368 Å². The zero-order valence-electron chi connectivity index (χ0n) is 36.0. The summed E-state index contributed by atoms with van der Waals surface area (Å²) in [5.74, 6) is 7.09. The fourth-order valence-electron chi connectivity index (χ4n) is 6.47. The Balaban J connectivity index is 1.01. The first-order chi connectivity index (χ1) is 30.3. The zero-order chi connectivity index (χ0) is 45.4. The number of halogens is 3. The molecule has 1 amide bonds. The highest BCUT2D eigenvalue weighted by Gasteiger charge is 2.30. The minimum atomic E-state index is -4.40. The number of benzene rings is 2. The van der Waals surface area contributed by atoms with Crippen LogP contribution in [0, 0.1) is 25.7 Å². The number of aryl methyl sites for hydroxylation is 2. The Morgan fingerprint density at radius 1 is 1.06 bits per heavy atom. The van der Waals surface area contributed by atoms with Gasteiger partial charge in [0.15, 0.2) is 6.61 Å². The maximum Gasteiger partial charge on any atom is 0.406 e. The van der Waals surface area contributed by atoms with Gasteiger partial charge < -0.3 is 44.2 Å². The van der Waals surface area contributed by atoms with Gasteiger partial charge in [-0.05, 0) is 93.4 Å². The van der Waals surface area contributed by atoms with Crippen LogP contribution in [-0.4, -0.2) is 110 Å². The van der Waals surface area contributed by atoms with E-state index < -0.39 is 12.7 Å². The normalized spacial score (nSPS) is 11.7. The van der Waals surface area contributed by atoms with Gasteiger partial charge in [-0.2, -0.15) is 13.2 Å². The topological polar surface area (TPSA) is 148 Å². The van der Waals surface area contributed by atoms with Crippen molar-refractivity contribution in [2.24, 2.45) is 0 Å². The minimum absolute atomic E-state index is 0.180. The molecular formula is C45H51F3N8O6S. The largest absolute Gasteiger partial charge is 0.495 e. The molecule has 0 spiro atoms. The number of aromatic nitrogens is 3. The third kappa shape index (κ3) is 14.3. The number of hydrogen-bond donors (Lipinski definition) is 3. The summed E-state index contributed by atoms with van der Waals surface area (Å²) < 4.78 is 65.9. The van der Waals surface area contributed by atoms with Crippen LogP contribution in [-0.2, 0) is 27.4 Å². The van der Waals surface area contributed by atoms with Gasteiger partial charge in [-0.1, -0.05) is 23.2 Å². The summed E-state index contributed by atoms with van der Waals surface area (Å²) in [5.41, 5.74) is 5.14. The van der Waals surface area contributed by atoms with E-state index in [1.54, 1.807) is 50.6 Å². The van der Waals surface area contributed by atoms with Gasteiger partial charge in [0.2, 0.25) is 5.88 Å². The van der Waals surface area contributed by atoms with Crippen LogP contribution in [0.5, 0.6) is 11.6 Å². The van der Waals surface area contributed by atoms with Gasteiger partial charge in [-0.25, -0.2) is 9.29 Å². The fraction of sp³-hybridized carbons (Fsp3) is 0.333. The van der Waals surface area contributed by atoms with Crippen molar-refractivity contribution in [2.75, 3.05) is 78.3 Å². The molecule has 0 atom stereocenters. The predicted molar refractivity (Wildman–Crippen MR) is 239 cm³/mol. The molecule has 0 aliphatic carbocycles.